The Bertz CT molecular complexity index is 659. The fourth-order valence-electron chi connectivity index (χ4n) is 2.06. The fourth-order valence-corrected chi connectivity index (χ4v) is 3.49. The van der Waals surface area contributed by atoms with Crippen molar-refractivity contribution in [2.75, 3.05) is 18.1 Å². The third-order valence-electron chi connectivity index (χ3n) is 3.09. The zero-order chi connectivity index (χ0) is 17.4. The molecule has 1 aromatic carbocycles. The Balaban J connectivity index is 1.97. The molecular formula is C17H18FNO3S2. The van der Waals surface area contributed by atoms with Gasteiger partial charge in [0.25, 0.3) is 0 Å². The number of benzene rings is 1. The molecule has 1 heterocycles. The summed E-state index contributed by atoms with van der Waals surface area (Å²) in [4.78, 5) is 24.4. The predicted octanol–water partition coefficient (Wildman–Crippen LogP) is 3.39. The molecule has 0 aliphatic carbocycles. The van der Waals surface area contributed by atoms with Gasteiger partial charge in [-0.15, -0.1) is 23.1 Å². The molecule has 4 nitrogen and oxygen atoms in total. The molecule has 1 aromatic heterocycles. The Labute approximate surface area is 148 Å². The Morgan fingerprint density at radius 1 is 1.25 bits per heavy atom. The van der Waals surface area contributed by atoms with Gasteiger partial charge in [0, 0.05) is 4.88 Å². The van der Waals surface area contributed by atoms with Gasteiger partial charge in [-0.25, -0.2) is 4.39 Å². The van der Waals surface area contributed by atoms with Gasteiger partial charge in [-0.05, 0) is 36.1 Å². The van der Waals surface area contributed by atoms with Crippen LogP contribution in [0.5, 0.6) is 0 Å². The SMILES string of the molecule is CCOC(=O)CSCC(=O)N[C@@H](c1ccc(F)cc1)c1cccs1. The minimum Gasteiger partial charge on any atom is -0.465 e. The summed E-state index contributed by atoms with van der Waals surface area (Å²) in [5.41, 5.74) is 0.808. The molecule has 0 saturated heterocycles. The summed E-state index contributed by atoms with van der Waals surface area (Å²) in [5, 5.41) is 4.86. The Morgan fingerprint density at radius 3 is 2.62 bits per heavy atom. The molecule has 0 unspecified atom stereocenters. The molecular weight excluding hydrogens is 349 g/mol. The van der Waals surface area contributed by atoms with E-state index in [1.165, 1.54) is 35.2 Å². The first-order valence-electron chi connectivity index (χ1n) is 7.41. The number of carbonyl (C=O) groups is 2. The number of esters is 1. The van der Waals surface area contributed by atoms with Crippen molar-refractivity contribution in [1.29, 1.82) is 0 Å². The summed E-state index contributed by atoms with van der Waals surface area (Å²) >= 11 is 2.72. The minimum absolute atomic E-state index is 0.140. The van der Waals surface area contributed by atoms with Crippen molar-refractivity contribution in [1.82, 2.24) is 5.32 Å². The van der Waals surface area contributed by atoms with Crippen molar-refractivity contribution in [2.45, 2.75) is 13.0 Å². The van der Waals surface area contributed by atoms with Crippen molar-refractivity contribution in [3.8, 4) is 0 Å². The van der Waals surface area contributed by atoms with Gasteiger partial charge in [-0.2, -0.15) is 0 Å². The molecule has 2 rings (SSSR count). The van der Waals surface area contributed by atoms with E-state index in [2.05, 4.69) is 5.32 Å². The number of thioether (sulfide) groups is 1. The molecule has 1 amide bonds. The number of hydrogen-bond acceptors (Lipinski definition) is 5. The van der Waals surface area contributed by atoms with Crippen LogP contribution in [0.25, 0.3) is 0 Å². The number of amides is 1. The molecule has 128 valence electrons. The summed E-state index contributed by atoms with van der Waals surface area (Å²) in [6.45, 7) is 2.07. The number of hydrogen-bond donors (Lipinski definition) is 1. The zero-order valence-corrected chi connectivity index (χ0v) is 14.8. The maximum absolute atomic E-state index is 13.1. The maximum Gasteiger partial charge on any atom is 0.315 e. The lowest BCUT2D eigenvalue weighted by atomic mass is 10.1. The van der Waals surface area contributed by atoms with Gasteiger partial charge in [-0.1, -0.05) is 18.2 Å². The third-order valence-corrected chi connectivity index (χ3v) is 4.94. The van der Waals surface area contributed by atoms with Crippen LogP contribution in [0.3, 0.4) is 0 Å². The van der Waals surface area contributed by atoms with E-state index in [0.717, 1.165) is 10.4 Å². The van der Waals surface area contributed by atoms with Crippen molar-refractivity contribution in [3.63, 3.8) is 0 Å². The van der Waals surface area contributed by atoms with E-state index < -0.39 is 0 Å². The van der Waals surface area contributed by atoms with Gasteiger partial charge in [-0.3, -0.25) is 9.59 Å². The molecule has 0 bridgehead atoms. The predicted molar refractivity (Wildman–Crippen MR) is 94.7 cm³/mol. The lowest BCUT2D eigenvalue weighted by molar-refractivity contribution is -0.139. The van der Waals surface area contributed by atoms with Crippen LogP contribution in [0.2, 0.25) is 0 Å². The van der Waals surface area contributed by atoms with Crippen molar-refractivity contribution in [3.05, 3.63) is 58.0 Å². The topological polar surface area (TPSA) is 55.4 Å². The molecule has 0 radical (unpaired) electrons. The zero-order valence-electron chi connectivity index (χ0n) is 13.2. The summed E-state index contributed by atoms with van der Waals surface area (Å²) in [6.07, 6.45) is 0. The van der Waals surface area contributed by atoms with Gasteiger partial charge >= 0.3 is 5.97 Å². The highest BCUT2D eigenvalue weighted by Crippen LogP contribution is 2.26. The molecule has 7 heteroatoms. The van der Waals surface area contributed by atoms with Crippen LogP contribution in [0.4, 0.5) is 4.39 Å². The fraction of sp³-hybridized carbons (Fsp3) is 0.294. The van der Waals surface area contributed by atoms with E-state index in [1.54, 1.807) is 19.1 Å². The van der Waals surface area contributed by atoms with Gasteiger partial charge in [0.2, 0.25) is 5.91 Å². The summed E-state index contributed by atoms with van der Waals surface area (Å²) in [5.74, 6) is -0.542. The van der Waals surface area contributed by atoms with Crippen LogP contribution in [0.15, 0.2) is 41.8 Å². The monoisotopic (exact) mass is 367 g/mol. The minimum atomic E-state index is -0.332. The lowest BCUT2D eigenvalue weighted by Crippen LogP contribution is -2.30. The highest BCUT2D eigenvalue weighted by molar-refractivity contribution is 8.00. The van der Waals surface area contributed by atoms with Crippen LogP contribution in [0.1, 0.15) is 23.4 Å². The molecule has 1 atom stereocenters. The number of halogens is 1. The van der Waals surface area contributed by atoms with Crippen molar-refractivity contribution < 1.29 is 18.7 Å². The quantitative estimate of drug-likeness (QED) is 0.727. The van der Waals surface area contributed by atoms with E-state index in [4.69, 9.17) is 4.74 Å². The van der Waals surface area contributed by atoms with E-state index in [-0.39, 0.29) is 35.2 Å². The normalized spacial score (nSPS) is 11.8. The van der Waals surface area contributed by atoms with Crippen LogP contribution in [-0.2, 0) is 14.3 Å². The average Bonchev–Trinajstić information content (AvgIpc) is 3.08. The number of rotatable bonds is 8. The number of ether oxygens (including phenoxy) is 1. The average molecular weight is 367 g/mol. The number of carbonyl (C=O) groups excluding carboxylic acids is 2. The Morgan fingerprint density at radius 2 is 2.00 bits per heavy atom. The molecule has 1 N–H and O–H groups in total. The number of nitrogens with one attached hydrogen (secondary N) is 1. The van der Waals surface area contributed by atoms with Crippen LogP contribution in [-0.4, -0.2) is 30.0 Å². The van der Waals surface area contributed by atoms with Crippen molar-refractivity contribution in [2.24, 2.45) is 0 Å². The first-order chi connectivity index (χ1) is 11.6. The lowest BCUT2D eigenvalue weighted by Gasteiger charge is -2.18. The third kappa shape index (κ3) is 5.65. The highest BCUT2D eigenvalue weighted by atomic mass is 32.2. The van der Waals surface area contributed by atoms with Crippen LogP contribution < -0.4 is 5.32 Å². The smallest absolute Gasteiger partial charge is 0.315 e. The largest absolute Gasteiger partial charge is 0.465 e. The number of thiophene rings is 1. The standard InChI is InChI=1S/C17H18FNO3S2/c1-2-22-16(21)11-23-10-15(20)19-17(14-4-3-9-24-14)12-5-7-13(18)8-6-12/h3-9,17H,2,10-11H2,1H3,(H,19,20)/t17-/m0/s1. The second-order valence-electron chi connectivity index (χ2n) is 4.87. The maximum atomic E-state index is 13.1. The van der Waals surface area contributed by atoms with Gasteiger partial charge in [0.05, 0.1) is 24.2 Å². The second kappa shape index (κ2) is 9.44. The molecule has 24 heavy (non-hydrogen) atoms. The Hall–Kier alpha value is -1.86. The van der Waals surface area contributed by atoms with E-state index in [9.17, 15) is 14.0 Å². The molecule has 2 aromatic rings. The van der Waals surface area contributed by atoms with Crippen molar-refractivity contribution >= 4 is 35.0 Å². The highest BCUT2D eigenvalue weighted by Gasteiger charge is 2.18. The molecule has 0 aliphatic rings. The Kier molecular flexibility index (Phi) is 7.27. The second-order valence-corrected chi connectivity index (χ2v) is 6.83. The summed E-state index contributed by atoms with van der Waals surface area (Å²) in [7, 11) is 0. The first kappa shape index (κ1) is 18.5. The van der Waals surface area contributed by atoms with Gasteiger partial charge in [0.1, 0.15) is 5.82 Å². The van der Waals surface area contributed by atoms with E-state index in [0.29, 0.717) is 6.61 Å². The molecule has 0 saturated carbocycles. The molecule has 0 spiro atoms. The molecule has 0 aliphatic heterocycles. The van der Waals surface area contributed by atoms with E-state index in [1.807, 2.05) is 17.5 Å². The van der Waals surface area contributed by atoms with Gasteiger partial charge < -0.3 is 10.1 Å². The van der Waals surface area contributed by atoms with Gasteiger partial charge in [0.15, 0.2) is 0 Å². The first-order valence-corrected chi connectivity index (χ1v) is 9.45. The van der Waals surface area contributed by atoms with Crippen LogP contribution in [0, 0.1) is 5.82 Å². The molecule has 0 fully saturated rings. The summed E-state index contributed by atoms with van der Waals surface area (Å²) in [6, 6.07) is 9.55. The van der Waals surface area contributed by atoms with E-state index >= 15 is 0 Å². The van der Waals surface area contributed by atoms with Crippen LogP contribution >= 0.6 is 23.1 Å². The summed E-state index contributed by atoms with van der Waals surface area (Å²) < 4.78 is 17.9.